The van der Waals surface area contributed by atoms with E-state index >= 15 is 0 Å². The largest absolute Gasteiger partial charge is 0.481 e. The number of fused-ring (bicyclic) bond motifs is 1. The predicted molar refractivity (Wildman–Crippen MR) is 70.7 cm³/mol. The molecule has 1 aromatic heterocycles. The Morgan fingerprint density at radius 3 is 2.95 bits per heavy atom. The van der Waals surface area contributed by atoms with Gasteiger partial charge in [0.15, 0.2) is 5.82 Å². The van der Waals surface area contributed by atoms with E-state index in [4.69, 9.17) is 0 Å². The number of nitrogens with zero attached hydrogens (tertiary/aromatic N) is 3. The first kappa shape index (κ1) is 13.1. The highest BCUT2D eigenvalue weighted by atomic mass is 16.5. The average Bonchev–Trinajstić information content (AvgIpc) is 3.12. The third-order valence-corrected chi connectivity index (χ3v) is 3.32. The summed E-state index contributed by atoms with van der Waals surface area (Å²) in [5.74, 6) is -1.31. The fraction of sp³-hybridized carbons (Fsp3) is 0.231. The molecule has 108 valence electrons. The molecule has 1 aliphatic rings. The molecule has 1 aliphatic heterocycles. The molecule has 8 heteroatoms. The highest BCUT2D eigenvalue weighted by Gasteiger charge is 2.36. The molecule has 21 heavy (non-hydrogen) atoms. The molecule has 0 saturated carbocycles. The maximum atomic E-state index is 12.2. The van der Waals surface area contributed by atoms with Gasteiger partial charge in [-0.2, -0.15) is 4.98 Å². The van der Waals surface area contributed by atoms with Gasteiger partial charge in [-0.3, -0.25) is 9.69 Å². The van der Waals surface area contributed by atoms with Gasteiger partial charge >= 0.3 is 12.0 Å². The molecule has 3 rings (SSSR count). The van der Waals surface area contributed by atoms with Gasteiger partial charge in [0.2, 0.25) is 6.39 Å². The maximum absolute atomic E-state index is 12.2. The smallest absolute Gasteiger partial charge is 0.322 e. The van der Waals surface area contributed by atoms with Gasteiger partial charge in [-0.15, -0.1) is 0 Å². The maximum Gasteiger partial charge on any atom is 0.322 e. The number of hydrogen-bond acceptors (Lipinski definition) is 5. The Balaban J connectivity index is 1.76. The molecule has 0 aliphatic carbocycles. The summed E-state index contributed by atoms with van der Waals surface area (Å²) in [6, 6.07) is 6.58. The Bertz CT molecular complexity index is 671. The van der Waals surface area contributed by atoms with Crippen molar-refractivity contribution in [2.45, 2.75) is 12.5 Å². The summed E-state index contributed by atoms with van der Waals surface area (Å²) in [5.41, 5.74) is 1.25. The van der Waals surface area contributed by atoms with Crippen LogP contribution in [0.1, 0.15) is 17.3 Å². The average molecular weight is 288 g/mol. The summed E-state index contributed by atoms with van der Waals surface area (Å²) in [4.78, 5) is 28.7. The van der Waals surface area contributed by atoms with E-state index in [-0.39, 0.29) is 13.1 Å². The van der Waals surface area contributed by atoms with Crippen LogP contribution in [-0.2, 0) is 11.3 Å². The zero-order valence-electron chi connectivity index (χ0n) is 10.9. The van der Waals surface area contributed by atoms with Crippen molar-refractivity contribution in [3.63, 3.8) is 0 Å². The lowest BCUT2D eigenvalue weighted by molar-refractivity contribution is -0.138. The topological polar surface area (TPSA) is 109 Å². The number of hydrogen-bond donors (Lipinski definition) is 2. The van der Waals surface area contributed by atoms with Crippen LogP contribution in [0.2, 0.25) is 0 Å². The number of benzene rings is 1. The molecule has 0 radical (unpaired) electrons. The molecule has 1 aromatic carbocycles. The van der Waals surface area contributed by atoms with Crippen LogP contribution >= 0.6 is 0 Å². The Morgan fingerprint density at radius 2 is 2.24 bits per heavy atom. The van der Waals surface area contributed by atoms with E-state index < -0.39 is 17.9 Å². The SMILES string of the molecule is O=C(O)C1CN(C(=O)NCc2ncon2)c2ccccc21. The molecule has 2 N–H and O–H groups in total. The molecule has 8 nitrogen and oxygen atoms in total. The molecule has 2 aromatic rings. The normalized spacial score (nSPS) is 16.6. The zero-order valence-corrected chi connectivity index (χ0v) is 10.9. The lowest BCUT2D eigenvalue weighted by Crippen LogP contribution is -2.39. The molecule has 0 spiro atoms. The molecule has 1 atom stereocenters. The van der Waals surface area contributed by atoms with E-state index in [0.29, 0.717) is 17.1 Å². The Morgan fingerprint density at radius 1 is 1.43 bits per heavy atom. The van der Waals surface area contributed by atoms with Gasteiger partial charge < -0.3 is 14.9 Å². The summed E-state index contributed by atoms with van der Waals surface area (Å²) < 4.78 is 4.57. The van der Waals surface area contributed by atoms with E-state index in [9.17, 15) is 14.7 Å². The van der Waals surface area contributed by atoms with Crippen molar-refractivity contribution >= 4 is 17.7 Å². The van der Waals surface area contributed by atoms with Gasteiger partial charge in [0.1, 0.15) is 5.92 Å². The minimum atomic E-state index is -0.948. The van der Waals surface area contributed by atoms with Crippen molar-refractivity contribution in [1.29, 1.82) is 0 Å². The van der Waals surface area contributed by atoms with Gasteiger partial charge in [0.05, 0.1) is 6.54 Å². The molecule has 2 amide bonds. The fourth-order valence-corrected chi connectivity index (χ4v) is 2.33. The van der Waals surface area contributed by atoms with Crippen LogP contribution in [-0.4, -0.2) is 33.8 Å². The third-order valence-electron chi connectivity index (χ3n) is 3.32. The van der Waals surface area contributed by atoms with Gasteiger partial charge in [-0.05, 0) is 11.6 Å². The number of carbonyl (C=O) groups excluding carboxylic acids is 1. The second-order valence-corrected chi connectivity index (χ2v) is 4.57. The molecular formula is C13H12N4O4. The Kier molecular flexibility index (Phi) is 3.27. The number of urea groups is 1. The highest BCUT2D eigenvalue weighted by Crippen LogP contribution is 2.36. The van der Waals surface area contributed by atoms with Gasteiger partial charge in [0, 0.05) is 12.2 Å². The Hall–Kier alpha value is -2.90. The lowest BCUT2D eigenvalue weighted by atomic mass is 10.0. The van der Waals surface area contributed by atoms with E-state index in [0.717, 1.165) is 0 Å². The van der Waals surface area contributed by atoms with Crippen molar-refractivity contribution in [2.75, 3.05) is 11.4 Å². The van der Waals surface area contributed by atoms with Crippen LogP contribution in [0.4, 0.5) is 10.5 Å². The van der Waals surface area contributed by atoms with Crippen molar-refractivity contribution in [3.8, 4) is 0 Å². The first-order valence-electron chi connectivity index (χ1n) is 6.29. The molecule has 0 fully saturated rings. The van der Waals surface area contributed by atoms with Crippen LogP contribution in [0.3, 0.4) is 0 Å². The number of aromatic nitrogens is 2. The summed E-state index contributed by atoms with van der Waals surface area (Å²) in [7, 11) is 0. The van der Waals surface area contributed by atoms with Crippen LogP contribution in [0.25, 0.3) is 0 Å². The monoisotopic (exact) mass is 288 g/mol. The zero-order chi connectivity index (χ0) is 14.8. The lowest BCUT2D eigenvalue weighted by Gasteiger charge is -2.17. The number of anilines is 1. The number of carbonyl (C=O) groups is 2. The van der Waals surface area contributed by atoms with E-state index in [1.807, 2.05) is 0 Å². The minimum absolute atomic E-state index is 0.104. The van der Waals surface area contributed by atoms with Gasteiger partial charge in [-0.1, -0.05) is 23.4 Å². The summed E-state index contributed by atoms with van der Waals surface area (Å²) in [5, 5.41) is 15.5. The molecule has 0 bridgehead atoms. The first-order chi connectivity index (χ1) is 10.2. The number of amides is 2. The molecular weight excluding hydrogens is 276 g/mol. The number of carboxylic acids is 1. The fourth-order valence-electron chi connectivity index (χ4n) is 2.33. The first-order valence-corrected chi connectivity index (χ1v) is 6.29. The molecule has 1 unspecified atom stereocenters. The van der Waals surface area contributed by atoms with E-state index in [1.165, 1.54) is 11.3 Å². The van der Waals surface area contributed by atoms with Crippen molar-refractivity contribution < 1.29 is 19.2 Å². The second-order valence-electron chi connectivity index (χ2n) is 4.57. The van der Waals surface area contributed by atoms with Crippen LogP contribution in [0, 0.1) is 0 Å². The van der Waals surface area contributed by atoms with Crippen molar-refractivity contribution in [1.82, 2.24) is 15.5 Å². The number of aliphatic carboxylic acids is 1. The second kappa shape index (κ2) is 5.23. The minimum Gasteiger partial charge on any atom is -0.481 e. The Labute approximate surface area is 119 Å². The number of rotatable bonds is 3. The van der Waals surface area contributed by atoms with Crippen LogP contribution in [0.5, 0.6) is 0 Å². The number of para-hydroxylation sites is 1. The van der Waals surface area contributed by atoms with Crippen LogP contribution < -0.4 is 10.2 Å². The van der Waals surface area contributed by atoms with Gasteiger partial charge in [-0.25, -0.2) is 4.79 Å². The summed E-state index contributed by atoms with van der Waals surface area (Å²) in [6.07, 6.45) is 1.17. The van der Waals surface area contributed by atoms with E-state index in [1.54, 1.807) is 24.3 Å². The van der Waals surface area contributed by atoms with Crippen molar-refractivity contribution in [3.05, 3.63) is 42.0 Å². The molecule has 0 saturated heterocycles. The summed E-state index contributed by atoms with van der Waals surface area (Å²) in [6.45, 7) is 0.221. The highest BCUT2D eigenvalue weighted by molar-refractivity contribution is 5.97. The van der Waals surface area contributed by atoms with Crippen LogP contribution in [0.15, 0.2) is 35.2 Å². The van der Waals surface area contributed by atoms with Gasteiger partial charge in [0.25, 0.3) is 0 Å². The third kappa shape index (κ3) is 2.42. The number of carboxylic acid groups (broad SMARTS) is 1. The predicted octanol–water partition coefficient (Wildman–Crippen LogP) is 0.968. The van der Waals surface area contributed by atoms with Crippen molar-refractivity contribution in [2.24, 2.45) is 0 Å². The standard InChI is InChI=1S/C13H12N4O4/c18-12(19)9-6-17(10-4-2-1-3-8(9)10)13(20)14-5-11-15-7-21-16-11/h1-4,7,9H,5-6H2,(H,14,20)(H,18,19). The summed E-state index contributed by atoms with van der Waals surface area (Å²) >= 11 is 0. The van der Waals surface area contributed by atoms with E-state index in [2.05, 4.69) is 20.0 Å². The molecule has 2 heterocycles. The number of nitrogens with one attached hydrogen (secondary N) is 1. The quantitative estimate of drug-likeness (QED) is 0.871.